The fraction of sp³-hybridized carbons (Fsp3) is 0.111. The number of ether oxygens (including phenoxy) is 1. The Kier molecular flexibility index (Phi) is 4.32. The van der Waals surface area contributed by atoms with Gasteiger partial charge in [-0.1, -0.05) is 6.07 Å². The second kappa shape index (κ2) is 6.73. The zero-order chi connectivity index (χ0) is 17.8. The van der Waals surface area contributed by atoms with Crippen LogP contribution in [0, 0.1) is 29.6 Å². The van der Waals surface area contributed by atoms with Crippen LogP contribution in [0.3, 0.4) is 0 Å². The van der Waals surface area contributed by atoms with E-state index in [1.54, 1.807) is 37.4 Å². The normalized spacial score (nSPS) is 9.92. The molecule has 0 saturated carbocycles. The number of benzene rings is 2. The number of hydrogen-bond donors (Lipinski definition) is 1. The summed E-state index contributed by atoms with van der Waals surface area (Å²) in [6, 6.07) is 14.3. The van der Waals surface area contributed by atoms with E-state index in [0.29, 0.717) is 28.4 Å². The lowest BCUT2D eigenvalue weighted by Crippen LogP contribution is -1.98. The molecule has 0 aliphatic heterocycles. The summed E-state index contributed by atoms with van der Waals surface area (Å²) >= 11 is 0. The number of hydrogen-bond acceptors (Lipinski definition) is 7. The third-order valence-electron chi connectivity index (χ3n) is 3.66. The van der Waals surface area contributed by atoms with Crippen LogP contribution in [0.15, 0.2) is 45.9 Å². The van der Waals surface area contributed by atoms with Crippen LogP contribution in [0.1, 0.15) is 5.56 Å². The smallest absolute Gasteiger partial charge is 0.237 e. The molecule has 0 saturated heterocycles. The average Bonchev–Trinajstić information content (AvgIpc) is 3.06. The van der Waals surface area contributed by atoms with Crippen molar-refractivity contribution in [2.24, 2.45) is 5.10 Å². The number of rotatable bonds is 4. The monoisotopic (exact) mass is 331 g/mol. The third kappa shape index (κ3) is 3.12. The maximum atomic E-state index is 8.75. The predicted octanol–water partition coefficient (Wildman–Crippen LogP) is 3.63. The van der Waals surface area contributed by atoms with Crippen molar-refractivity contribution in [2.75, 3.05) is 12.5 Å². The number of nitrogens with one attached hydrogen (secondary N) is 1. The van der Waals surface area contributed by atoms with E-state index >= 15 is 0 Å². The molecular weight excluding hydrogens is 318 g/mol. The van der Waals surface area contributed by atoms with E-state index in [0.717, 1.165) is 11.1 Å². The molecule has 1 heterocycles. The SMILES string of the molecule is COc1ccc2oc(-c3cccc(NN=C(C#N)C#N)c3C)nc2c1. The molecule has 0 spiro atoms. The van der Waals surface area contributed by atoms with E-state index < -0.39 is 0 Å². The number of methoxy groups -OCH3 is 1. The molecule has 7 nitrogen and oxygen atoms in total. The van der Waals surface area contributed by atoms with E-state index in [1.165, 1.54) is 0 Å². The van der Waals surface area contributed by atoms with Gasteiger partial charge >= 0.3 is 0 Å². The van der Waals surface area contributed by atoms with Gasteiger partial charge in [-0.05, 0) is 36.8 Å². The lowest BCUT2D eigenvalue weighted by Gasteiger charge is -2.07. The minimum absolute atomic E-state index is 0.251. The Morgan fingerprint density at radius 2 is 2.04 bits per heavy atom. The van der Waals surface area contributed by atoms with Crippen molar-refractivity contribution in [3.05, 3.63) is 42.0 Å². The zero-order valence-electron chi connectivity index (χ0n) is 13.6. The van der Waals surface area contributed by atoms with Crippen LogP contribution in [0.5, 0.6) is 5.75 Å². The number of hydrazone groups is 1. The first-order chi connectivity index (χ1) is 12.2. The largest absolute Gasteiger partial charge is 0.497 e. The first kappa shape index (κ1) is 16.0. The van der Waals surface area contributed by atoms with Crippen LogP contribution < -0.4 is 10.2 Å². The molecule has 0 fully saturated rings. The zero-order valence-corrected chi connectivity index (χ0v) is 13.6. The Morgan fingerprint density at radius 3 is 2.76 bits per heavy atom. The summed E-state index contributed by atoms with van der Waals surface area (Å²) in [6.07, 6.45) is 0. The molecule has 0 amide bonds. The Bertz CT molecular complexity index is 1040. The molecule has 0 bridgehead atoms. The highest BCUT2D eigenvalue weighted by Gasteiger charge is 2.13. The highest BCUT2D eigenvalue weighted by molar-refractivity contribution is 6.10. The average molecular weight is 331 g/mol. The third-order valence-corrected chi connectivity index (χ3v) is 3.66. The molecule has 1 N–H and O–H groups in total. The molecule has 7 heteroatoms. The quantitative estimate of drug-likeness (QED) is 0.578. The summed E-state index contributed by atoms with van der Waals surface area (Å²) in [5.41, 5.74) is 6.10. The van der Waals surface area contributed by atoms with Crippen molar-refractivity contribution < 1.29 is 9.15 Å². The second-order valence-electron chi connectivity index (χ2n) is 5.13. The summed E-state index contributed by atoms with van der Waals surface area (Å²) < 4.78 is 11.0. The lowest BCUT2D eigenvalue weighted by atomic mass is 10.1. The fourth-order valence-corrected chi connectivity index (χ4v) is 2.33. The fourth-order valence-electron chi connectivity index (χ4n) is 2.33. The molecule has 3 aromatic rings. The Balaban J connectivity index is 2.01. The number of oxazole rings is 1. The standard InChI is InChI=1S/C18H13N5O2/c1-11-14(4-3-5-15(11)23-22-12(9-19)10-20)18-21-16-8-13(24-2)6-7-17(16)25-18/h3-8,23H,1-2H3. The Labute approximate surface area is 143 Å². The van der Waals surface area contributed by atoms with E-state index in [-0.39, 0.29) is 5.71 Å². The molecule has 2 aromatic carbocycles. The van der Waals surface area contributed by atoms with Gasteiger partial charge in [0, 0.05) is 11.6 Å². The number of nitrogens with zero attached hydrogens (tertiary/aromatic N) is 4. The minimum Gasteiger partial charge on any atom is -0.497 e. The van der Waals surface area contributed by atoms with E-state index in [2.05, 4.69) is 15.5 Å². The number of nitriles is 2. The van der Waals surface area contributed by atoms with Crippen molar-refractivity contribution in [3.63, 3.8) is 0 Å². The molecule has 0 aliphatic rings. The number of fused-ring (bicyclic) bond motifs is 1. The highest BCUT2D eigenvalue weighted by Crippen LogP contribution is 2.31. The van der Waals surface area contributed by atoms with Gasteiger partial charge in [0.2, 0.25) is 11.6 Å². The van der Waals surface area contributed by atoms with Gasteiger partial charge in [0.05, 0.1) is 12.8 Å². The summed E-state index contributed by atoms with van der Waals surface area (Å²) in [4.78, 5) is 4.51. The van der Waals surface area contributed by atoms with Gasteiger partial charge in [0.15, 0.2) is 5.58 Å². The summed E-state index contributed by atoms with van der Waals surface area (Å²) in [5.74, 6) is 1.17. The van der Waals surface area contributed by atoms with Gasteiger partial charge in [-0.25, -0.2) is 4.98 Å². The van der Waals surface area contributed by atoms with Crippen LogP contribution >= 0.6 is 0 Å². The van der Waals surface area contributed by atoms with Crippen molar-refractivity contribution >= 4 is 22.5 Å². The van der Waals surface area contributed by atoms with E-state index in [4.69, 9.17) is 19.7 Å². The molecular formula is C18H13N5O2. The summed E-state index contributed by atoms with van der Waals surface area (Å²) in [5, 5.41) is 21.3. The van der Waals surface area contributed by atoms with Crippen molar-refractivity contribution in [3.8, 4) is 29.3 Å². The molecule has 1 aromatic heterocycles. The first-order valence-electron chi connectivity index (χ1n) is 7.34. The van der Waals surface area contributed by atoms with Crippen molar-refractivity contribution in [1.82, 2.24) is 4.98 Å². The number of aromatic nitrogens is 1. The summed E-state index contributed by atoms with van der Waals surface area (Å²) in [7, 11) is 1.60. The Morgan fingerprint density at radius 1 is 1.24 bits per heavy atom. The van der Waals surface area contributed by atoms with Gasteiger partial charge in [-0.3, -0.25) is 5.43 Å². The molecule has 0 aliphatic carbocycles. The molecule has 0 atom stereocenters. The molecule has 0 radical (unpaired) electrons. The van der Waals surface area contributed by atoms with Gasteiger partial charge in [0.25, 0.3) is 0 Å². The van der Waals surface area contributed by atoms with Gasteiger partial charge in [0.1, 0.15) is 23.4 Å². The minimum atomic E-state index is -0.251. The second-order valence-corrected chi connectivity index (χ2v) is 5.13. The highest BCUT2D eigenvalue weighted by atomic mass is 16.5. The molecule has 25 heavy (non-hydrogen) atoms. The number of anilines is 1. The summed E-state index contributed by atoms with van der Waals surface area (Å²) in [6.45, 7) is 1.88. The van der Waals surface area contributed by atoms with Crippen LogP contribution in [-0.2, 0) is 0 Å². The van der Waals surface area contributed by atoms with Gasteiger partial charge < -0.3 is 9.15 Å². The predicted molar refractivity (Wildman–Crippen MR) is 93.0 cm³/mol. The van der Waals surface area contributed by atoms with E-state index in [1.807, 2.05) is 25.1 Å². The molecule has 0 unspecified atom stereocenters. The van der Waals surface area contributed by atoms with Crippen LogP contribution in [0.4, 0.5) is 5.69 Å². The van der Waals surface area contributed by atoms with Crippen molar-refractivity contribution in [2.45, 2.75) is 6.92 Å². The van der Waals surface area contributed by atoms with Crippen molar-refractivity contribution in [1.29, 1.82) is 10.5 Å². The van der Waals surface area contributed by atoms with Gasteiger partial charge in [-0.2, -0.15) is 15.6 Å². The maximum Gasteiger partial charge on any atom is 0.237 e. The van der Waals surface area contributed by atoms with Crippen LogP contribution in [0.2, 0.25) is 0 Å². The van der Waals surface area contributed by atoms with Gasteiger partial charge in [-0.15, -0.1) is 0 Å². The lowest BCUT2D eigenvalue weighted by molar-refractivity contribution is 0.415. The molecule has 3 rings (SSSR count). The molecule has 122 valence electrons. The Hall–Kier alpha value is -3.84. The maximum absolute atomic E-state index is 8.75. The first-order valence-corrected chi connectivity index (χ1v) is 7.34. The van der Waals surface area contributed by atoms with Crippen LogP contribution in [0.25, 0.3) is 22.6 Å². The topological polar surface area (TPSA) is 107 Å². The van der Waals surface area contributed by atoms with Crippen LogP contribution in [-0.4, -0.2) is 17.8 Å². The van der Waals surface area contributed by atoms with E-state index in [9.17, 15) is 0 Å².